The maximum absolute atomic E-state index is 2.45. The molecule has 0 bridgehead atoms. The average molecular weight is 153 g/mol. The zero-order valence-electron chi connectivity index (χ0n) is 7.93. The lowest BCUT2D eigenvalue weighted by atomic mass is 10.2. The second kappa shape index (κ2) is 3.80. The van der Waals surface area contributed by atoms with Gasteiger partial charge in [0, 0.05) is 12.6 Å². The van der Waals surface area contributed by atoms with Gasteiger partial charge in [-0.1, -0.05) is 5.57 Å². The van der Waals surface area contributed by atoms with Crippen LogP contribution in [0.15, 0.2) is 11.8 Å². The SMILES string of the molecule is CC1=CN(C(C)C)CCCC1. The summed E-state index contributed by atoms with van der Waals surface area (Å²) < 4.78 is 0. The van der Waals surface area contributed by atoms with Gasteiger partial charge >= 0.3 is 0 Å². The Morgan fingerprint density at radius 3 is 2.73 bits per heavy atom. The van der Waals surface area contributed by atoms with Crippen LogP contribution in [0.1, 0.15) is 40.0 Å². The molecule has 1 aliphatic rings. The highest BCUT2D eigenvalue weighted by Crippen LogP contribution is 2.15. The Labute approximate surface area is 70.1 Å². The molecular weight excluding hydrogens is 134 g/mol. The van der Waals surface area contributed by atoms with Gasteiger partial charge in [-0.2, -0.15) is 0 Å². The molecule has 1 rings (SSSR count). The van der Waals surface area contributed by atoms with Crippen molar-refractivity contribution in [1.29, 1.82) is 0 Å². The van der Waals surface area contributed by atoms with Crippen LogP contribution >= 0.6 is 0 Å². The minimum atomic E-state index is 0.669. The summed E-state index contributed by atoms with van der Waals surface area (Å²) in [5, 5.41) is 0. The fraction of sp³-hybridized carbons (Fsp3) is 0.800. The molecule has 11 heavy (non-hydrogen) atoms. The van der Waals surface area contributed by atoms with Gasteiger partial charge in [0.2, 0.25) is 0 Å². The van der Waals surface area contributed by atoms with Crippen LogP contribution in [0, 0.1) is 0 Å². The van der Waals surface area contributed by atoms with E-state index in [0.29, 0.717) is 6.04 Å². The molecule has 0 unspecified atom stereocenters. The van der Waals surface area contributed by atoms with E-state index in [-0.39, 0.29) is 0 Å². The van der Waals surface area contributed by atoms with E-state index >= 15 is 0 Å². The van der Waals surface area contributed by atoms with Gasteiger partial charge in [0.15, 0.2) is 0 Å². The van der Waals surface area contributed by atoms with Gasteiger partial charge in [0.05, 0.1) is 0 Å². The lowest BCUT2D eigenvalue weighted by Gasteiger charge is -2.23. The maximum Gasteiger partial charge on any atom is 0.0227 e. The van der Waals surface area contributed by atoms with Gasteiger partial charge in [0.1, 0.15) is 0 Å². The van der Waals surface area contributed by atoms with Crippen LogP contribution in [0.2, 0.25) is 0 Å². The maximum atomic E-state index is 2.45. The van der Waals surface area contributed by atoms with E-state index in [4.69, 9.17) is 0 Å². The van der Waals surface area contributed by atoms with E-state index < -0.39 is 0 Å². The number of nitrogens with zero attached hydrogens (tertiary/aromatic N) is 1. The van der Waals surface area contributed by atoms with Crippen molar-refractivity contribution < 1.29 is 0 Å². The fourth-order valence-electron chi connectivity index (χ4n) is 1.52. The van der Waals surface area contributed by atoms with Gasteiger partial charge in [-0.15, -0.1) is 0 Å². The third-order valence-electron chi connectivity index (χ3n) is 2.29. The van der Waals surface area contributed by atoms with Crippen molar-refractivity contribution in [2.24, 2.45) is 0 Å². The summed E-state index contributed by atoms with van der Waals surface area (Å²) in [5.74, 6) is 0. The smallest absolute Gasteiger partial charge is 0.0227 e. The van der Waals surface area contributed by atoms with Crippen molar-refractivity contribution in [1.82, 2.24) is 4.90 Å². The topological polar surface area (TPSA) is 3.24 Å². The molecule has 0 atom stereocenters. The highest BCUT2D eigenvalue weighted by atomic mass is 15.1. The van der Waals surface area contributed by atoms with Crippen LogP contribution in [0.4, 0.5) is 0 Å². The summed E-state index contributed by atoms with van der Waals surface area (Å²) in [5.41, 5.74) is 1.54. The fourth-order valence-corrected chi connectivity index (χ4v) is 1.52. The van der Waals surface area contributed by atoms with Crippen molar-refractivity contribution in [2.75, 3.05) is 6.54 Å². The Balaban J connectivity index is 2.56. The van der Waals surface area contributed by atoms with Crippen LogP contribution < -0.4 is 0 Å². The summed E-state index contributed by atoms with van der Waals surface area (Å²) in [6.45, 7) is 8.00. The predicted molar refractivity (Wildman–Crippen MR) is 49.5 cm³/mol. The molecule has 0 aromatic heterocycles. The van der Waals surface area contributed by atoms with E-state index in [0.717, 1.165) is 0 Å². The molecule has 0 radical (unpaired) electrons. The standard InChI is InChI=1S/C10H19N/c1-9(2)11-7-5-4-6-10(3)8-11/h8-9H,4-7H2,1-3H3. The van der Waals surface area contributed by atoms with Gasteiger partial charge in [-0.25, -0.2) is 0 Å². The summed E-state index contributed by atoms with van der Waals surface area (Å²) in [7, 11) is 0. The first-order valence-electron chi connectivity index (χ1n) is 4.63. The summed E-state index contributed by atoms with van der Waals surface area (Å²) >= 11 is 0. The van der Waals surface area contributed by atoms with Crippen LogP contribution in [0.5, 0.6) is 0 Å². The normalized spacial score (nSPS) is 20.0. The monoisotopic (exact) mass is 153 g/mol. The number of hydrogen-bond acceptors (Lipinski definition) is 1. The van der Waals surface area contributed by atoms with Crippen LogP contribution in [-0.4, -0.2) is 17.5 Å². The third-order valence-corrected chi connectivity index (χ3v) is 2.29. The summed E-state index contributed by atoms with van der Waals surface area (Å²) in [6.07, 6.45) is 6.35. The van der Waals surface area contributed by atoms with Crippen molar-refractivity contribution in [3.8, 4) is 0 Å². The molecule has 1 heteroatoms. The zero-order chi connectivity index (χ0) is 8.27. The van der Waals surface area contributed by atoms with Crippen molar-refractivity contribution in [2.45, 2.75) is 46.1 Å². The molecular formula is C10H19N. The molecule has 0 saturated carbocycles. The molecule has 64 valence electrons. The zero-order valence-corrected chi connectivity index (χ0v) is 7.93. The number of rotatable bonds is 1. The second-order valence-electron chi connectivity index (χ2n) is 3.76. The lowest BCUT2D eigenvalue weighted by molar-refractivity contribution is 0.310. The van der Waals surface area contributed by atoms with E-state index in [1.807, 2.05) is 0 Å². The van der Waals surface area contributed by atoms with E-state index in [1.54, 1.807) is 0 Å². The van der Waals surface area contributed by atoms with Crippen LogP contribution in [0.3, 0.4) is 0 Å². The Morgan fingerprint density at radius 2 is 2.09 bits per heavy atom. The Kier molecular flexibility index (Phi) is 2.98. The molecule has 1 nitrogen and oxygen atoms in total. The molecule has 0 amide bonds. The minimum Gasteiger partial charge on any atom is -0.375 e. The quantitative estimate of drug-likeness (QED) is 0.560. The predicted octanol–water partition coefficient (Wildman–Crippen LogP) is 2.78. The molecule has 0 spiro atoms. The van der Waals surface area contributed by atoms with E-state index in [1.165, 1.54) is 31.4 Å². The molecule has 0 aliphatic carbocycles. The Bertz CT molecular complexity index is 147. The largest absolute Gasteiger partial charge is 0.375 e. The highest BCUT2D eigenvalue weighted by Gasteiger charge is 2.08. The lowest BCUT2D eigenvalue weighted by Crippen LogP contribution is -2.25. The first-order chi connectivity index (χ1) is 5.20. The Hall–Kier alpha value is -0.460. The first-order valence-corrected chi connectivity index (χ1v) is 4.63. The summed E-state index contributed by atoms with van der Waals surface area (Å²) in [4.78, 5) is 2.45. The van der Waals surface area contributed by atoms with Gasteiger partial charge in [-0.05, 0) is 46.2 Å². The highest BCUT2D eigenvalue weighted by molar-refractivity contribution is 5.00. The number of allylic oxidation sites excluding steroid dienone is 1. The van der Waals surface area contributed by atoms with Crippen molar-refractivity contribution in [3.05, 3.63) is 11.8 Å². The van der Waals surface area contributed by atoms with E-state index in [9.17, 15) is 0 Å². The minimum absolute atomic E-state index is 0.669. The van der Waals surface area contributed by atoms with Gasteiger partial charge < -0.3 is 4.90 Å². The molecule has 0 aromatic carbocycles. The molecule has 0 N–H and O–H groups in total. The van der Waals surface area contributed by atoms with Crippen molar-refractivity contribution in [3.63, 3.8) is 0 Å². The van der Waals surface area contributed by atoms with E-state index in [2.05, 4.69) is 31.9 Å². The first kappa shape index (κ1) is 8.63. The summed E-state index contributed by atoms with van der Waals surface area (Å²) in [6, 6.07) is 0.669. The molecule has 1 aliphatic heterocycles. The molecule has 0 aromatic rings. The number of hydrogen-bond donors (Lipinski definition) is 0. The second-order valence-corrected chi connectivity index (χ2v) is 3.76. The average Bonchev–Trinajstić information content (AvgIpc) is 2.13. The third kappa shape index (κ3) is 2.57. The Morgan fingerprint density at radius 1 is 1.36 bits per heavy atom. The molecule has 0 fully saturated rings. The van der Waals surface area contributed by atoms with Crippen LogP contribution in [0.25, 0.3) is 0 Å². The van der Waals surface area contributed by atoms with Gasteiger partial charge in [-0.3, -0.25) is 0 Å². The molecule has 0 saturated heterocycles. The molecule has 1 heterocycles. The van der Waals surface area contributed by atoms with Crippen LogP contribution in [-0.2, 0) is 0 Å². The van der Waals surface area contributed by atoms with Crippen molar-refractivity contribution >= 4 is 0 Å². The van der Waals surface area contributed by atoms with Gasteiger partial charge in [0.25, 0.3) is 0 Å².